The highest BCUT2D eigenvalue weighted by atomic mass is 16.5. The Kier molecular flexibility index (Phi) is 7.94. The lowest BCUT2D eigenvalue weighted by Gasteiger charge is -2.36. The fraction of sp³-hybridized carbons (Fsp3) is 0.520. The van der Waals surface area contributed by atoms with Crippen LogP contribution in [0.5, 0.6) is 11.5 Å². The summed E-state index contributed by atoms with van der Waals surface area (Å²) in [6, 6.07) is 12.8. The molecule has 0 aliphatic rings. The highest BCUT2D eigenvalue weighted by molar-refractivity contribution is 5.48. The van der Waals surface area contributed by atoms with Crippen molar-refractivity contribution in [3.8, 4) is 11.5 Å². The van der Waals surface area contributed by atoms with Crippen molar-refractivity contribution in [2.75, 3.05) is 27.2 Å². The molecular weight excluding hydrogens is 346 g/mol. The molecule has 0 heterocycles. The molecule has 0 atom stereocenters. The second-order valence-corrected chi connectivity index (χ2v) is 8.22. The Bertz CT molecular complexity index is 761. The molecule has 0 saturated carbocycles. The van der Waals surface area contributed by atoms with Gasteiger partial charge in [-0.15, -0.1) is 0 Å². The number of phenols is 1. The van der Waals surface area contributed by atoms with E-state index >= 15 is 0 Å². The van der Waals surface area contributed by atoms with Gasteiger partial charge in [-0.25, -0.2) is 0 Å². The number of hydrogen-bond donors (Lipinski definition) is 1. The quantitative estimate of drug-likeness (QED) is 0.560. The van der Waals surface area contributed by atoms with Crippen LogP contribution in [0.4, 0.5) is 0 Å². The number of aromatic hydroxyl groups is 1. The third-order valence-corrected chi connectivity index (χ3v) is 5.63. The number of aryl methyl sites for hydroxylation is 2. The lowest BCUT2D eigenvalue weighted by atomic mass is 9.68. The molecule has 1 N–H and O–H groups in total. The summed E-state index contributed by atoms with van der Waals surface area (Å²) in [7, 11) is 4.12. The van der Waals surface area contributed by atoms with Crippen molar-refractivity contribution in [3.63, 3.8) is 0 Å². The third-order valence-electron chi connectivity index (χ3n) is 5.63. The first-order chi connectivity index (χ1) is 13.3. The monoisotopic (exact) mass is 383 g/mol. The standard InChI is InChI=1S/C25H37NO2/c1-7-13-25(14-8-2,21-9-11-23(27)19(3)17-21)22-10-12-24(20(4)18-22)28-16-15-26(5)6/h9-12,17-18,27H,7-8,13-16H2,1-6H3. The second-order valence-electron chi connectivity index (χ2n) is 8.22. The van der Waals surface area contributed by atoms with Crippen LogP contribution in [0.3, 0.4) is 0 Å². The largest absolute Gasteiger partial charge is 0.508 e. The van der Waals surface area contributed by atoms with Crippen LogP contribution in [0.1, 0.15) is 61.8 Å². The zero-order valence-corrected chi connectivity index (χ0v) is 18.5. The molecular formula is C25H37NO2. The summed E-state index contributed by atoms with van der Waals surface area (Å²) in [5, 5.41) is 10.0. The summed E-state index contributed by atoms with van der Waals surface area (Å²) in [6.07, 6.45) is 4.40. The smallest absolute Gasteiger partial charge is 0.122 e. The molecule has 2 aromatic rings. The van der Waals surface area contributed by atoms with Crippen molar-refractivity contribution in [2.45, 2.75) is 58.8 Å². The van der Waals surface area contributed by atoms with Crippen LogP contribution in [0.15, 0.2) is 36.4 Å². The molecule has 3 nitrogen and oxygen atoms in total. The van der Waals surface area contributed by atoms with Crippen LogP contribution in [0, 0.1) is 13.8 Å². The van der Waals surface area contributed by atoms with Gasteiger partial charge in [-0.05, 0) is 75.2 Å². The molecule has 0 spiro atoms. The predicted octanol–water partition coefficient (Wildman–Crippen LogP) is 5.84. The Morgan fingerprint density at radius 2 is 1.46 bits per heavy atom. The Morgan fingerprint density at radius 1 is 0.893 bits per heavy atom. The summed E-state index contributed by atoms with van der Waals surface area (Å²) < 4.78 is 6.00. The topological polar surface area (TPSA) is 32.7 Å². The van der Waals surface area contributed by atoms with E-state index in [1.54, 1.807) is 0 Å². The first-order valence-electron chi connectivity index (χ1n) is 10.5. The molecule has 0 unspecified atom stereocenters. The molecule has 0 aromatic heterocycles. The molecule has 2 aromatic carbocycles. The van der Waals surface area contributed by atoms with Gasteiger partial charge in [0.15, 0.2) is 0 Å². The summed E-state index contributed by atoms with van der Waals surface area (Å²) in [6.45, 7) is 10.2. The Hall–Kier alpha value is -2.00. The highest BCUT2D eigenvalue weighted by Crippen LogP contribution is 2.43. The molecule has 0 aliphatic heterocycles. The number of rotatable bonds is 10. The third kappa shape index (κ3) is 5.08. The van der Waals surface area contributed by atoms with Gasteiger partial charge >= 0.3 is 0 Å². The molecule has 0 amide bonds. The van der Waals surface area contributed by atoms with E-state index in [2.05, 4.69) is 70.1 Å². The average Bonchev–Trinajstić information content (AvgIpc) is 2.64. The fourth-order valence-corrected chi connectivity index (χ4v) is 4.12. The van der Waals surface area contributed by atoms with Crippen molar-refractivity contribution in [1.29, 1.82) is 0 Å². The number of nitrogens with zero attached hydrogens (tertiary/aromatic N) is 1. The summed E-state index contributed by atoms with van der Waals surface area (Å²) in [5.74, 6) is 1.33. The summed E-state index contributed by atoms with van der Waals surface area (Å²) in [4.78, 5) is 2.13. The molecule has 0 saturated heterocycles. The normalized spacial score (nSPS) is 11.8. The second kappa shape index (κ2) is 9.97. The summed E-state index contributed by atoms with van der Waals surface area (Å²) in [5.41, 5.74) is 4.73. The fourth-order valence-electron chi connectivity index (χ4n) is 4.12. The van der Waals surface area contributed by atoms with Crippen molar-refractivity contribution in [1.82, 2.24) is 4.90 Å². The van der Waals surface area contributed by atoms with E-state index in [9.17, 15) is 5.11 Å². The minimum atomic E-state index is -0.0329. The van der Waals surface area contributed by atoms with E-state index in [0.29, 0.717) is 12.4 Å². The zero-order valence-electron chi connectivity index (χ0n) is 18.5. The Labute approximate surface area is 171 Å². The van der Waals surface area contributed by atoms with Crippen molar-refractivity contribution in [2.24, 2.45) is 0 Å². The van der Waals surface area contributed by atoms with Crippen LogP contribution in [-0.2, 0) is 5.41 Å². The van der Waals surface area contributed by atoms with Crippen LogP contribution in [0.25, 0.3) is 0 Å². The van der Waals surface area contributed by atoms with Gasteiger partial charge < -0.3 is 14.7 Å². The predicted molar refractivity (Wildman–Crippen MR) is 119 cm³/mol. The lowest BCUT2D eigenvalue weighted by molar-refractivity contribution is 0.260. The van der Waals surface area contributed by atoms with E-state index in [0.717, 1.165) is 43.5 Å². The molecule has 0 fully saturated rings. The van der Waals surface area contributed by atoms with Crippen LogP contribution >= 0.6 is 0 Å². The maximum absolute atomic E-state index is 10.0. The number of benzene rings is 2. The molecule has 154 valence electrons. The molecule has 0 bridgehead atoms. The van der Waals surface area contributed by atoms with E-state index in [4.69, 9.17) is 4.74 Å². The highest BCUT2D eigenvalue weighted by Gasteiger charge is 2.33. The summed E-state index contributed by atoms with van der Waals surface area (Å²) >= 11 is 0. The van der Waals surface area contributed by atoms with E-state index in [1.165, 1.54) is 16.7 Å². The Morgan fingerprint density at radius 3 is 1.96 bits per heavy atom. The van der Waals surface area contributed by atoms with Gasteiger partial charge in [-0.1, -0.05) is 51.0 Å². The van der Waals surface area contributed by atoms with E-state index in [-0.39, 0.29) is 5.41 Å². The number of hydrogen-bond acceptors (Lipinski definition) is 3. The SMILES string of the molecule is CCCC(CCC)(c1ccc(O)c(C)c1)c1ccc(OCCN(C)C)c(C)c1. The molecule has 28 heavy (non-hydrogen) atoms. The van der Waals surface area contributed by atoms with Crippen LogP contribution < -0.4 is 4.74 Å². The van der Waals surface area contributed by atoms with Gasteiger partial charge in [0.2, 0.25) is 0 Å². The molecule has 0 radical (unpaired) electrons. The number of ether oxygens (including phenoxy) is 1. The molecule has 3 heteroatoms. The Balaban J connectivity index is 2.45. The van der Waals surface area contributed by atoms with Gasteiger partial charge in [0.05, 0.1) is 0 Å². The number of phenolic OH excluding ortho intramolecular Hbond substituents is 1. The van der Waals surface area contributed by atoms with E-state index < -0.39 is 0 Å². The van der Waals surface area contributed by atoms with Gasteiger partial charge in [0.25, 0.3) is 0 Å². The number of likely N-dealkylation sites (N-methyl/N-ethyl adjacent to an activating group) is 1. The van der Waals surface area contributed by atoms with Crippen LogP contribution in [0.2, 0.25) is 0 Å². The maximum atomic E-state index is 10.0. The van der Waals surface area contributed by atoms with Gasteiger partial charge in [0.1, 0.15) is 18.1 Å². The molecule has 0 aliphatic carbocycles. The van der Waals surface area contributed by atoms with Crippen molar-refractivity contribution < 1.29 is 9.84 Å². The minimum absolute atomic E-state index is 0.0329. The minimum Gasteiger partial charge on any atom is -0.508 e. The van der Waals surface area contributed by atoms with Crippen molar-refractivity contribution in [3.05, 3.63) is 58.7 Å². The van der Waals surface area contributed by atoms with Gasteiger partial charge in [-0.2, -0.15) is 0 Å². The van der Waals surface area contributed by atoms with Gasteiger partial charge in [-0.3, -0.25) is 0 Å². The first kappa shape index (κ1) is 22.3. The van der Waals surface area contributed by atoms with Crippen LogP contribution in [-0.4, -0.2) is 37.3 Å². The zero-order chi connectivity index (χ0) is 20.7. The maximum Gasteiger partial charge on any atom is 0.122 e. The lowest BCUT2D eigenvalue weighted by Crippen LogP contribution is -2.28. The molecule has 2 rings (SSSR count). The van der Waals surface area contributed by atoms with E-state index in [1.807, 2.05) is 13.0 Å². The van der Waals surface area contributed by atoms with Crippen molar-refractivity contribution >= 4 is 0 Å². The average molecular weight is 384 g/mol. The van der Waals surface area contributed by atoms with Gasteiger partial charge in [0, 0.05) is 12.0 Å². The first-order valence-corrected chi connectivity index (χ1v) is 10.5.